The minimum Gasteiger partial charge on any atom is -0.337 e. The van der Waals surface area contributed by atoms with Crippen LogP contribution in [-0.4, -0.2) is 21.2 Å². The van der Waals surface area contributed by atoms with E-state index in [1.54, 1.807) is 47.0 Å². The highest BCUT2D eigenvalue weighted by atomic mass is 79.9. The third-order valence-electron chi connectivity index (χ3n) is 5.00. The Morgan fingerprint density at radius 3 is 2.56 bits per heavy atom. The number of nitrogens with one attached hydrogen (secondary N) is 1. The van der Waals surface area contributed by atoms with Gasteiger partial charge in [-0.05, 0) is 55.0 Å². The number of aryl methyl sites for hydroxylation is 1. The molecule has 1 N–H and O–H groups in total. The molecule has 0 radical (unpaired) electrons. The number of benzene rings is 2. The second kappa shape index (κ2) is 9.06. The van der Waals surface area contributed by atoms with Gasteiger partial charge < -0.3 is 9.88 Å². The lowest BCUT2D eigenvalue weighted by molar-refractivity contribution is -0.116. The number of nitrogens with zero attached hydrogens (tertiary/aromatic N) is 2. The second-order valence-electron chi connectivity index (χ2n) is 7.24. The van der Waals surface area contributed by atoms with Gasteiger partial charge in [-0.15, -0.1) is 0 Å². The standard InChI is InChI=1S/C24H17BrClN3O3/c1-14-2-4-17(11-20(14)26)28-22(30)13-29-12-19(23(31)15-6-8-27-9-7-15)24(32)18-10-16(25)3-5-21(18)29/h2-12H,13H2,1H3,(H,28,30). The van der Waals surface area contributed by atoms with Crippen molar-refractivity contribution in [3.8, 4) is 0 Å². The average Bonchev–Trinajstić information content (AvgIpc) is 2.78. The zero-order valence-corrected chi connectivity index (χ0v) is 19.3. The van der Waals surface area contributed by atoms with Gasteiger partial charge in [0.15, 0.2) is 5.78 Å². The number of hydrogen-bond acceptors (Lipinski definition) is 4. The summed E-state index contributed by atoms with van der Waals surface area (Å²) in [5.41, 5.74) is 1.93. The molecule has 4 rings (SSSR count). The highest BCUT2D eigenvalue weighted by Crippen LogP contribution is 2.21. The van der Waals surface area contributed by atoms with Crippen molar-refractivity contribution in [1.29, 1.82) is 0 Å². The summed E-state index contributed by atoms with van der Waals surface area (Å²) >= 11 is 9.52. The summed E-state index contributed by atoms with van der Waals surface area (Å²) in [6.07, 6.45) is 4.41. The van der Waals surface area contributed by atoms with Crippen LogP contribution in [0.15, 0.2) is 76.4 Å². The van der Waals surface area contributed by atoms with E-state index < -0.39 is 11.2 Å². The van der Waals surface area contributed by atoms with Crippen molar-refractivity contribution in [3.63, 3.8) is 0 Å². The van der Waals surface area contributed by atoms with Crippen LogP contribution in [-0.2, 0) is 11.3 Å². The Bertz CT molecular complexity index is 1420. The second-order valence-corrected chi connectivity index (χ2v) is 8.56. The van der Waals surface area contributed by atoms with Crippen molar-refractivity contribution in [2.45, 2.75) is 13.5 Å². The van der Waals surface area contributed by atoms with Crippen LogP contribution in [0, 0.1) is 6.92 Å². The molecular weight excluding hydrogens is 494 g/mol. The van der Waals surface area contributed by atoms with Crippen molar-refractivity contribution in [2.24, 2.45) is 0 Å². The molecule has 2 heterocycles. The predicted molar refractivity (Wildman–Crippen MR) is 128 cm³/mol. The number of amides is 1. The molecule has 2 aromatic heterocycles. The maximum absolute atomic E-state index is 13.1. The molecule has 0 bridgehead atoms. The molecule has 2 aromatic carbocycles. The quantitative estimate of drug-likeness (QED) is 0.384. The Balaban J connectivity index is 1.75. The van der Waals surface area contributed by atoms with E-state index in [0.717, 1.165) is 5.56 Å². The van der Waals surface area contributed by atoms with Gasteiger partial charge in [0.05, 0.1) is 11.1 Å². The molecule has 0 saturated carbocycles. The van der Waals surface area contributed by atoms with Crippen molar-refractivity contribution < 1.29 is 9.59 Å². The minimum atomic E-state index is -0.432. The summed E-state index contributed by atoms with van der Waals surface area (Å²) in [6, 6.07) is 13.5. The van der Waals surface area contributed by atoms with Crippen molar-refractivity contribution in [2.75, 3.05) is 5.32 Å². The summed E-state index contributed by atoms with van der Waals surface area (Å²) in [7, 11) is 0. The SMILES string of the molecule is Cc1ccc(NC(=O)Cn2cc(C(=O)c3ccncc3)c(=O)c3cc(Br)ccc32)cc1Cl. The summed E-state index contributed by atoms with van der Waals surface area (Å²) in [5, 5.41) is 3.69. The third kappa shape index (κ3) is 4.49. The predicted octanol–water partition coefficient (Wildman–Crippen LogP) is 4.99. The topological polar surface area (TPSA) is 81.1 Å². The zero-order valence-electron chi connectivity index (χ0n) is 16.9. The van der Waals surface area contributed by atoms with Crippen LogP contribution in [0.1, 0.15) is 21.5 Å². The molecule has 8 heteroatoms. The molecule has 4 aromatic rings. The van der Waals surface area contributed by atoms with E-state index in [9.17, 15) is 14.4 Å². The summed E-state index contributed by atoms with van der Waals surface area (Å²) < 4.78 is 2.30. The molecule has 1 amide bonds. The first kappa shape index (κ1) is 21.9. The Morgan fingerprint density at radius 2 is 1.84 bits per heavy atom. The van der Waals surface area contributed by atoms with Gasteiger partial charge in [-0.3, -0.25) is 19.4 Å². The van der Waals surface area contributed by atoms with Crippen molar-refractivity contribution in [3.05, 3.63) is 104 Å². The first-order valence-electron chi connectivity index (χ1n) is 9.67. The van der Waals surface area contributed by atoms with Crippen LogP contribution < -0.4 is 10.7 Å². The van der Waals surface area contributed by atoms with E-state index in [2.05, 4.69) is 26.2 Å². The summed E-state index contributed by atoms with van der Waals surface area (Å²) in [6.45, 7) is 1.78. The van der Waals surface area contributed by atoms with Crippen LogP contribution in [0.2, 0.25) is 5.02 Å². The van der Waals surface area contributed by atoms with Gasteiger partial charge in [-0.25, -0.2) is 0 Å². The lowest BCUT2D eigenvalue weighted by atomic mass is 10.0. The lowest BCUT2D eigenvalue weighted by Gasteiger charge is -2.14. The number of halogens is 2. The number of carbonyl (C=O) groups excluding carboxylic acids is 2. The van der Waals surface area contributed by atoms with E-state index in [-0.39, 0.29) is 18.0 Å². The summed E-state index contributed by atoms with van der Waals surface area (Å²) in [4.78, 5) is 42.8. The maximum Gasteiger partial charge on any atom is 0.244 e. The Kier molecular flexibility index (Phi) is 6.21. The number of hydrogen-bond donors (Lipinski definition) is 1. The van der Waals surface area contributed by atoms with E-state index in [1.807, 2.05) is 13.0 Å². The van der Waals surface area contributed by atoms with Gasteiger partial charge >= 0.3 is 0 Å². The zero-order chi connectivity index (χ0) is 22.8. The fourth-order valence-corrected chi connectivity index (χ4v) is 3.89. The maximum atomic E-state index is 13.1. The first-order valence-corrected chi connectivity index (χ1v) is 10.8. The molecule has 0 aliphatic carbocycles. The molecule has 0 spiro atoms. The average molecular weight is 511 g/mol. The van der Waals surface area contributed by atoms with Gasteiger partial charge in [-0.2, -0.15) is 0 Å². The molecular formula is C24H17BrClN3O3. The van der Waals surface area contributed by atoms with Gasteiger partial charge in [0.1, 0.15) is 6.54 Å². The number of fused-ring (bicyclic) bond motifs is 1. The monoisotopic (exact) mass is 509 g/mol. The molecule has 160 valence electrons. The molecule has 6 nitrogen and oxygen atoms in total. The minimum absolute atomic E-state index is 0.0204. The lowest BCUT2D eigenvalue weighted by Crippen LogP contribution is -2.24. The number of aromatic nitrogens is 2. The number of rotatable bonds is 5. The fraction of sp³-hybridized carbons (Fsp3) is 0.0833. The van der Waals surface area contributed by atoms with E-state index in [0.29, 0.717) is 31.6 Å². The smallest absolute Gasteiger partial charge is 0.244 e. The molecule has 0 aliphatic heterocycles. The van der Waals surface area contributed by atoms with E-state index >= 15 is 0 Å². The fourth-order valence-electron chi connectivity index (χ4n) is 3.35. The van der Waals surface area contributed by atoms with Gasteiger partial charge in [0.25, 0.3) is 0 Å². The molecule has 0 saturated heterocycles. The van der Waals surface area contributed by atoms with Crippen LogP contribution >= 0.6 is 27.5 Å². The number of carbonyl (C=O) groups is 2. The Labute approximate surface area is 197 Å². The van der Waals surface area contributed by atoms with Gasteiger partial charge in [-0.1, -0.05) is 33.6 Å². The molecule has 0 atom stereocenters. The normalized spacial score (nSPS) is 10.8. The Hall–Kier alpha value is -3.29. The molecule has 0 fully saturated rings. The van der Waals surface area contributed by atoms with E-state index in [1.165, 1.54) is 18.6 Å². The van der Waals surface area contributed by atoms with Crippen LogP contribution in [0.3, 0.4) is 0 Å². The highest BCUT2D eigenvalue weighted by Gasteiger charge is 2.18. The van der Waals surface area contributed by atoms with Crippen LogP contribution in [0.25, 0.3) is 10.9 Å². The molecule has 32 heavy (non-hydrogen) atoms. The largest absolute Gasteiger partial charge is 0.337 e. The Morgan fingerprint density at radius 1 is 1.09 bits per heavy atom. The number of anilines is 1. The number of pyridine rings is 2. The molecule has 0 aliphatic rings. The number of ketones is 1. The van der Waals surface area contributed by atoms with Gasteiger partial charge in [0, 0.05) is 44.7 Å². The van der Waals surface area contributed by atoms with Gasteiger partial charge in [0.2, 0.25) is 11.3 Å². The van der Waals surface area contributed by atoms with Crippen molar-refractivity contribution in [1.82, 2.24) is 9.55 Å². The highest BCUT2D eigenvalue weighted by molar-refractivity contribution is 9.10. The van der Waals surface area contributed by atoms with E-state index in [4.69, 9.17) is 11.6 Å². The third-order valence-corrected chi connectivity index (χ3v) is 5.90. The summed E-state index contributed by atoms with van der Waals surface area (Å²) in [5.74, 6) is -0.751. The van der Waals surface area contributed by atoms with Crippen LogP contribution in [0.4, 0.5) is 5.69 Å². The first-order chi connectivity index (χ1) is 15.3. The molecule has 0 unspecified atom stereocenters. The van der Waals surface area contributed by atoms with Crippen LogP contribution in [0.5, 0.6) is 0 Å². The van der Waals surface area contributed by atoms with Crippen molar-refractivity contribution >= 4 is 55.8 Å².